The number of allylic oxidation sites excluding steroid dienone is 5. The monoisotopic (exact) mass is 458 g/mol. The Hall–Kier alpha value is -2.51. The lowest BCUT2D eigenvalue weighted by Crippen LogP contribution is -2.18. The van der Waals surface area contributed by atoms with E-state index in [1.54, 1.807) is 13.1 Å². The summed E-state index contributed by atoms with van der Waals surface area (Å²) in [6.45, 7) is 5.14. The predicted octanol–water partition coefficient (Wildman–Crippen LogP) is 5.33. The molecule has 5 nitrogen and oxygen atoms in total. The molecule has 0 aliphatic heterocycles. The van der Waals surface area contributed by atoms with Crippen LogP contribution < -0.4 is 15.4 Å². The number of likely N-dealkylation sites (N-methyl/N-ethyl adjacent to an activating group) is 1. The Kier molecular flexibility index (Phi) is 10.4. The van der Waals surface area contributed by atoms with Crippen molar-refractivity contribution in [2.75, 3.05) is 32.6 Å². The van der Waals surface area contributed by atoms with E-state index in [0.29, 0.717) is 29.8 Å². The Morgan fingerprint density at radius 3 is 2.74 bits per heavy atom. The SMILES string of the molecule is CNC(=O)/C(=C/c1cc(NC)ccc1OCCOC1=C/C=C(/C)C(C)C\C=C\1)SC=S. The van der Waals surface area contributed by atoms with Gasteiger partial charge < -0.3 is 20.1 Å². The number of carbonyl (C=O) groups is 1. The molecule has 0 heterocycles. The zero-order valence-corrected chi connectivity index (χ0v) is 20.1. The molecule has 7 heteroatoms. The average Bonchev–Trinajstić information content (AvgIpc) is 2.78. The molecule has 0 bridgehead atoms. The molecule has 1 unspecified atom stereocenters. The van der Waals surface area contributed by atoms with E-state index in [0.717, 1.165) is 23.4 Å². The van der Waals surface area contributed by atoms with E-state index in [4.69, 9.17) is 21.7 Å². The fourth-order valence-electron chi connectivity index (χ4n) is 2.83. The van der Waals surface area contributed by atoms with Crippen molar-refractivity contribution in [2.45, 2.75) is 20.3 Å². The maximum atomic E-state index is 12.1. The molecule has 0 fully saturated rings. The first-order valence-corrected chi connectivity index (χ1v) is 11.5. The van der Waals surface area contributed by atoms with Crippen LogP contribution in [0.3, 0.4) is 0 Å². The van der Waals surface area contributed by atoms with Crippen molar-refractivity contribution in [1.29, 1.82) is 0 Å². The molecule has 1 aliphatic rings. The summed E-state index contributed by atoms with van der Waals surface area (Å²) in [4.78, 5) is 12.6. The number of ether oxygens (including phenoxy) is 2. The summed E-state index contributed by atoms with van der Waals surface area (Å²) in [7, 11) is 3.44. The van der Waals surface area contributed by atoms with Crippen LogP contribution >= 0.6 is 24.0 Å². The summed E-state index contributed by atoms with van der Waals surface area (Å²) >= 11 is 6.11. The van der Waals surface area contributed by atoms with Gasteiger partial charge in [-0.2, -0.15) is 0 Å². The third kappa shape index (κ3) is 7.92. The summed E-state index contributed by atoms with van der Waals surface area (Å²) < 4.78 is 13.3. The van der Waals surface area contributed by atoms with Gasteiger partial charge in [0, 0.05) is 30.0 Å². The van der Waals surface area contributed by atoms with E-state index in [1.165, 1.54) is 22.0 Å². The van der Waals surface area contributed by atoms with E-state index in [2.05, 4.69) is 36.6 Å². The van der Waals surface area contributed by atoms with Crippen LogP contribution in [-0.2, 0) is 9.53 Å². The average molecular weight is 459 g/mol. The summed E-state index contributed by atoms with van der Waals surface area (Å²) in [5.74, 6) is 1.83. The molecule has 31 heavy (non-hydrogen) atoms. The predicted molar refractivity (Wildman–Crippen MR) is 135 cm³/mol. The van der Waals surface area contributed by atoms with E-state index in [-0.39, 0.29) is 5.91 Å². The minimum absolute atomic E-state index is 0.198. The minimum Gasteiger partial charge on any atom is -0.490 e. The Morgan fingerprint density at radius 2 is 2.03 bits per heavy atom. The maximum Gasteiger partial charge on any atom is 0.257 e. The molecule has 1 aromatic carbocycles. The van der Waals surface area contributed by atoms with Crippen molar-refractivity contribution >= 4 is 46.3 Å². The first-order valence-electron chi connectivity index (χ1n) is 10.1. The molecular weight excluding hydrogens is 428 g/mol. The van der Waals surface area contributed by atoms with Gasteiger partial charge in [-0.15, -0.1) is 0 Å². The second kappa shape index (κ2) is 13.0. The lowest BCUT2D eigenvalue weighted by atomic mass is 9.97. The standard InChI is InChI=1S/C24H30N2O3S2/c1-17-6-5-7-21(10-8-18(17)2)28-12-13-29-22-11-9-20(25-3)14-19(22)15-23(31-16-30)24(27)26-4/h5,7-11,14-17,25H,6,12-13H2,1-4H3,(H,26,27)/b7-5+,18-8-,21-10+,23-15-. The summed E-state index contributed by atoms with van der Waals surface area (Å²) in [5.41, 5.74) is 3.04. The zero-order chi connectivity index (χ0) is 22.6. The van der Waals surface area contributed by atoms with Gasteiger partial charge in [0.2, 0.25) is 0 Å². The third-order valence-electron chi connectivity index (χ3n) is 4.88. The molecule has 0 saturated heterocycles. The highest BCUT2D eigenvalue weighted by Crippen LogP contribution is 2.28. The molecule has 2 rings (SSSR count). The smallest absolute Gasteiger partial charge is 0.257 e. The van der Waals surface area contributed by atoms with Crippen molar-refractivity contribution in [3.63, 3.8) is 0 Å². The van der Waals surface area contributed by atoms with Gasteiger partial charge in [-0.05, 0) is 55.7 Å². The Morgan fingerprint density at radius 1 is 1.26 bits per heavy atom. The van der Waals surface area contributed by atoms with Gasteiger partial charge in [-0.3, -0.25) is 4.79 Å². The summed E-state index contributed by atoms with van der Waals surface area (Å²) in [5, 5.41) is 5.74. The number of amides is 1. The fourth-order valence-corrected chi connectivity index (χ4v) is 3.65. The number of thioether (sulfide) groups is 1. The summed E-state index contributed by atoms with van der Waals surface area (Å²) in [6, 6.07) is 5.73. The van der Waals surface area contributed by atoms with Gasteiger partial charge in [0.15, 0.2) is 0 Å². The number of hydrogen-bond acceptors (Lipinski definition) is 6. The largest absolute Gasteiger partial charge is 0.490 e. The van der Waals surface area contributed by atoms with Crippen LogP contribution in [0.25, 0.3) is 6.08 Å². The lowest BCUT2D eigenvalue weighted by Gasteiger charge is -2.14. The molecule has 1 amide bonds. The van der Waals surface area contributed by atoms with Crippen molar-refractivity contribution in [3.05, 3.63) is 64.3 Å². The van der Waals surface area contributed by atoms with Crippen LogP contribution in [0.4, 0.5) is 5.69 Å². The van der Waals surface area contributed by atoms with Gasteiger partial charge >= 0.3 is 0 Å². The third-order valence-corrected chi connectivity index (χ3v) is 5.82. The minimum atomic E-state index is -0.198. The van der Waals surface area contributed by atoms with E-state index >= 15 is 0 Å². The molecule has 1 aromatic rings. The number of anilines is 1. The normalized spacial score (nSPS) is 20.8. The first kappa shape index (κ1) is 24.8. The number of rotatable bonds is 10. The molecule has 1 atom stereocenters. The van der Waals surface area contributed by atoms with Gasteiger partial charge in [0.1, 0.15) is 24.7 Å². The highest BCUT2D eigenvalue weighted by Gasteiger charge is 2.11. The second-order valence-electron chi connectivity index (χ2n) is 7.02. The molecule has 2 N–H and O–H groups in total. The van der Waals surface area contributed by atoms with Crippen LogP contribution in [0, 0.1) is 5.92 Å². The quantitative estimate of drug-likeness (QED) is 0.281. The highest BCUT2D eigenvalue weighted by molar-refractivity contribution is 8.24. The molecule has 1 aliphatic carbocycles. The van der Waals surface area contributed by atoms with Gasteiger partial charge in [-0.1, -0.05) is 48.6 Å². The summed E-state index contributed by atoms with van der Waals surface area (Å²) in [6.07, 6.45) is 11.0. The fraction of sp³-hybridized carbons (Fsp3) is 0.333. The lowest BCUT2D eigenvalue weighted by molar-refractivity contribution is -0.116. The number of benzene rings is 1. The van der Waals surface area contributed by atoms with Gasteiger partial charge in [0.25, 0.3) is 5.91 Å². The molecule has 0 radical (unpaired) electrons. The van der Waals surface area contributed by atoms with Crippen LogP contribution in [-0.4, -0.2) is 37.9 Å². The molecule has 0 spiro atoms. The molecule has 166 valence electrons. The van der Waals surface area contributed by atoms with Gasteiger partial charge in [-0.25, -0.2) is 0 Å². The number of nitrogens with one attached hydrogen (secondary N) is 2. The van der Waals surface area contributed by atoms with E-state index in [1.807, 2.05) is 37.4 Å². The second-order valence-corrected chi connectivity index (χ2v) is 8.47. The molecule has 0 aromatic heterocycles. The highest BCUT2D eigenvalue weighted by atomic mass is 32.2. The van der Waals surface area contributed by atoms with Crippen LogP contribution in [0.2, 0.25) is 0 Å². The van der Waals surface area contributed by atoms with Crippen LogP contribution in [0.5, 0.6) is 5.75 Å². The Labute approximate surface area is 194 Å². The van der Waals surface area contributed by atoms with Crippen molar-refractivity contribution in [1.82, 2.24) is 5.32 Å². The van der Waals surface area contributed by atoms with Crippen molar-refractivity contribution in [2.24, 2.45) is 5.92 Å². The zero-order valence-electron chi connectivity index (χ0n) is 18.4. The van der Waals surface area contributed by atoms with Crippen LogP contribution in [0.15, 0.2) is 58.7 Å². The Balaban J connectivity index is 2.09. The topological polar surface area (TPSA) is 59.6 Å². The number of thiocarbonyl (C=S) groups is 1. The van der Waals surface area contributed by atoms with E-state index < -0.39 is 0 Å². The first-order chi connectivity index (χ1) is 15.0. The van der Waals surface area contributed by atoms with Crippen molar-refractivity contribution in [3.8, 4) is 5.75 Å². The maximum absolute atomic E-state index is 12.1. The molecule has 0 saturated carbocycles. The van der Waals surface area contributed by atoms with Crippen LogP contribution in [0.1, 0.15) is 25.8 Å². The Bertz CT molecular complexity index is 904. The number of carbonyl (C=O) groups excluding carboxylic acids is 1. The van der Waals surface area contributed by atoms with Gasteiger partial charge in [0.05, 0.1) is 4.91 Å². The van der Waals surface area contributed by atoms with E-state index in [9.17, 15) is 4.79 Å². The molecular formula is C24H30N2O3S2. The van der Waals surface area contributed by atoms with Crippen molar-refractivity contribution < 1.29 is 14.3 Å². The number of hydrogen-bond donors (Lipinski definition) is 2.